The van der Waals surface area contributed by atoms with Gasteiger partial charge in [0.25, 0.3) is 5.69 Å². The second-order valence-corrected chi connectivity index (χ2v) is 4.34. The molecule has 1 aromatic carbocycles. The summed E-state index contributed by atoms with van der Waals surface area (Å²) in [6.07, 6.45) is 0. The van der Waals surface area contributed by atoms with Gasteiger partial charge in [-0.2, -0.15) is 0 Å². The maximum atomic E-state index is 12.0. The fourth-order valence-electron chi connectivity index (χ4n) is 1.97. The van der Waals surface area contributed by atoms with Crippen LogP contribution in [0, 0.1) is 17.0 Å². The molecule has 0 saturated carbocycles. The molecule has 0 aliphatic rings. The van der Waals surface area contributed by atoms with E-state index in [0.717, 1.165) is 0 Å². The Labute approximate surface area is 121 Å². The molecule has 2 rings (SSSR count). The monoisotopic (exact) mass is 286 g/mol. The number of carbonyl (C=O) groups is 1. The summed E-state index contributed by atoms with van der Waals surface area (Å²) in [7, 11) is 0. The van der Waals surface area contributed by atoms with Gasteiger partial charge in [-0.15, -0.1) is 0 Å². The number of aromatic nitrogens is 1. The average molecular weight is 286 g/mol. The van der Waals surface area contributed by atoms with Gasteiger partial charge in [-0.25, -0.2) is 9.78 Å². The van der Waals surface area contributed by atoms with Gasteiger partial charge < -0.3 is 4.74 Å². The Bertz CT molecular complexity index is 698. The minimum Gasteiger partial charge on any atom is -0.462 e. The molecule has 0 saturated heterocycles. The summed E-state index contributed by atoms with van der Waals surface area (Å²) in [6, 6.07) is 9.53. The van der Waals surface area contributed by atoms with Crippen LogP contribution in [0.25, 0.3) is 11.3 Å². The molecule has 0 N–H and O–H groups in total. The molecular formula is C15H14N2O4. The van der Waals surface area contributed by atoms with Gasteiger partial charge in [-0.1, -0.05) is 18.2 Å². The second kappa shape index (κ2) is 6.13. The molecule has 0 aliphatic carbocycles. The van der Waals surface area contributed by atoms with Crippen LogP contribution in [0.1, 0.15) is 23.0 Å². The van der Waals surface area contributed by atoms with Gasteiger partial charge >= 0.3 is 5.97 Å². The Morgan fingerprint density at radius 3 is 2.67 bits per heavy atom. The summed E-state index contributed by atoms with van der Waals surface area (Å²) in [5.74, 6) is -0.522. The summed E-state index contributed by atoms with van der Waals surface area (Å²) < 4.78 is 4.98. The fourth-order valence-corrected chi connectivity index (χ4v) is 1.97. The van der Waals surface area contributed by atoms with Crippen LogP contribution in [0.15, 0.2) is 36.4 Å². The number of ether oxygens (including phenoxy) is 1. The molecule has 0 amide bonds. The summed E-state index contributed by atoms with van der Waals surface area (Å²) in [5, 5.41) is 11.2. The van der Waals surface area contributed by atoms with Gasteiger partial charge in [-0.05, 0) is 26.0 Å². The number of benzene rings is 1. The number of nitro groups is 1. The van der Waals surface area contributed by atoms with Crippen LogP contribution in [0.5, 0.6) is 0 Å². The van der Waals surface area contributed by atoms with E-state index in [-0.39, 0.29) is 23.6 Å². The van der Waals surface area contributed by atoms with E-state index in [1.807, 2.05) is 0 Å². The maximum absolute atomic E-state index is 12.0. The topological polar surface area (TPSA) is 82.3 Å². The van der Waals surface area contributed by atoms with Crippen molar-refractivity contribution >= 4 is 11.7 Å². The van der Waals surface area contributed by atoms with E-state index >= 15 is 0 Å². The second-order valence-electron chi connectivity index (χ2n) is 4.34. The van der Waals surface area contributed by atoms with Gasteiger partial charge in [-0.3, -0.25) is 10.1 Å². The SMILES string of the molecule is CCOC(=O)c1ccccc1-c1nc(C)ccc1[N+](=O)[O-]. The first-order chi connectivity index (χ1) is 10.0. The van der Waals surface area contributed by atoms with Crippen LogP contribution < -0.4 is 0 Å². The molecule has 0 aliphatic heterocycles. The fraction of sp³-hybridized carbons (Fsp3) is 0.200. The zero-order valence-corrected chi connectivity index (χ0v) is 11.7. The van der Waals surface area contributed by atoms with E-state index in [0.29, 0.717) is 11.3 Å². The van der Waals surface area contributed by atoms with Crippen LogP contribution in [0.2, 0.25) is 0 Å². The minimum absolute atomic E-state index is 0.141. The molecule has 0 bridgehead atoms. The normalized spacial score (nSPS) is 10.2. The lowest BCUT2D eigenvalue weighted by atomic mass is 10.0. The van der Waals surface area contributed by atoms with E-state index in [1.165, 1.54) is 6.07 Å². The largest absolute Gasteiger partial charge is 0.462 e. The zero-order valence-electron chi connectivity index (χ0n) is 11.7. The molecule has 6 nitrogen and oxygen atoms in total. The number of nitrogens with zero attached hydrogens (tertiary/aromatic N) is 2. The number of pyridine rings is 1. The smallest absolute Gasteiger partial charge is 0.338 e. The molecular weight excluding hydrogens is 272 g/mol. The van der Waals surface area contributed by atoms with Gasteiger partial charge in [0.2, 0.25) is 0 Å². The van der Waals surface area contributed by atoms with E-state index in [4.69, 9.17) is 4.74 Å². The Morgan fingerprint density at radius 2 is 2.00 bits per heavy atom. The van der Waals surface area contributed by atoms with E-state index in [1.54, 1.807) is 44.2 Å². The number of aryl methyl sites for hydroxylation is 1. The summed E-state index contributed by atoms with van der Waals surface area (Å²) in [6.45, 7) is 3.67. The van der Waals surface area contributed by atoms with Crippen LogP contribution in [0.4, 0.5) is 5.69 Å². The first-order valence-electron chi connectivity index (χ1n) is 6.43. The maximum Gasteiger partial charge on any atom is 0.338 e. The van der Waals surface area contributed by atoms with Crippen LogP contribution in [-0.4, -0.2) is 22.5 Å². The number of hydrogen-bond acceptors (Lipinski definition) is 5. The lowest BCUT2D eigenvalue weighted by molar-refractivity contribution is -0.384. The first-order valence-corrected chi connectivity index (χ1v) is 6.43. The molecule has 1 aromatic heterocycles. The van der Waals surface area contributed by atoms with E-state index in [2.05, 4.69) is 4.98 Å². The third kappa shape index (κ3) is 3.05. The van der Waals surface area contributed by atoms with Crippen molar-refractivity contribution in [1.82, 2.24) is 4.98 Å². The van der Waals surface area contributed by atoms with Crippen molar-refractivity contribution in [2.45, 2.75) is 13.8 Å². The van der Waals surface area contributed by atoms with Crippen molar-refractivity contribution in [1.29, 1.82) is 0 Å². The minimum atomic E-state index is -0.522. The molecule has 0 atom stereocenters. The third-order valence-electron chi connectivity index (χ3n) is 2.89. The average Bonchev–Trinajstić information content (AvgIpc) is 2.47. The van der Waals surface area contributed by atoms with Gasteiger partial charge in [0.05, 0.1) is 17.1 Å². The molecule has 21 heavy (non-hydrogen) atoms. The molecule has 0 fully saturated rings. The summed E-state index contributed by atoms with van der Waals surface area (Å²) in [4.78, 5) is 26.9. The molecule has 108 valence electrons. The molecule has 0 unspecified atom stereocenters. The Balaban J connectivity index is 2.65. The van der Waals surface area contributed by atoms with Crippen LogP contribution in [0.3, 0.4) is 0 Å². The van der Waals surface area contributed by atoms with Crippen molar-refractivity contribution in [3.05, 3.63) is 57.8 Å². The van der Waals surface area contributed by atoms with Crippen molar-refractivity contribution < 1.29 is 14.5 Å². The Hall–Kier alpha value is -2.76. The Kier molecular flexibility index (Phi) is 4.27. The molecule has 1 heterocycles. The van der Waals surface area contributed by atoms with Crippen molar-refractivity contribution in [3.8, 4) is 11.3 Å². The Morgan fingerprint density at radius 1 is 1.29 bits per heavy atom. The number of esters is 1. The molecule has 0 radical (unpaired) electrons. The third-order valence-corrected chi connectivity index (χ3v) is 2.89. The number of hydrogen-bond donors (Lipinski definition) is 0. The van der Waals surface area contributed by atoms with E-state index < -0.39 is 10.9 Å². The predicted octanol–water partition coefficient (Wildman–Crippen LogP) is 3.14. The van der Waals surface area contributed by atoms with Crippen molar-refractivity contribution in [3.63, 3.8) is 0 Å². The molecule has 6 heteroatoms. The van der Waals surface area contributed by atoms with Gasteiger partial charge in [0.15, 0.2) is 0 Å². The highest BCUT2D eigenvalue weighted by Crippen LogP contribution is 2.31. The molecule has 0 spiro atoms. The van der Waals surface area contributed by atoms with Crippen molar-refractivity contribution in [2.24, 2.45) is 0 Å². The van der Waals surface area contributed by atoms with E-state index in [9.17, 15) is 14.9 Å². The quantitative estimate of drug-likeness (QED) is 0.490. The standard InChI is InChI=1S/C15H14N2O4/c1-3-21-15(18)12-7-5-4-6-11(12)14-13(17(19)20)9-8-10(2)16-14/h4-9H,3H2,1-2H3. The zero-order chi connectivity index (χ0) is 15.4. The highest BCUT2D eigenvalue weighted by atomic mass is 16.6. The number of rotatable bonds is 4. The summed E-state index contributed by atoms with van der Waals surface area (Å²) in [5.41, 5.74) is 1.32. The number of carbonyl (C=O) groups excluding carboxylic acids is 1. The highest BCUT2D eigenvalue weighted by Gasteiger charge is 2.22. The highest BCUT2D eigenvalue weighted by molar-refractivity contribution is 5.97. The lowest BCUT2D eigenvalue weighted by Crippen LogP contribution is -2.07. The predicted molar refractivity (Wildman–Crippen MR) is 77.0 cm³/mol. The van der Waals surface area contributed by atoms with Crippen molar-refractivity contribution in [2.75, 3.05) is 6.61 Å². The lowest BCUT2D eigenvalue weighted by Gasteiger charge is -2.09. The molecule has 2 aromatic rings. The summed E-state index contributed by atoms with van der Waals surface area (Å²) >= 11 is 0. The van der Waals surface area contributed by atoms with Crippen LogP contribution >= 0.6 is 0 Å². The first kappa shape index (κ1) is 14.6. The van der Waals surface area contributed by atoms with Crippen LogP contribution in [-0.2, 0) is 4.74 Å². The van der Waals surface area contributed by atoms with Gasteiger partial charge in [0, 0.05) is 17.3 Å². The van der Waals surface area contributed by atoms with Gasteiger partial charge in [0.1, 0.15) is 5.69 Å².